The molecule has 6 heteroatoms. The van der Waals surface area contributed by atoms with E-state index in [4.69, 9.17) is 0 Å². The average Bonchev–Trinajstić information content (AvgIpc) is 2.93. The number of sulfonamides is 1. The van der Waals surface area contributed by atoms with Crippen LogP contribution in [0.4, 0.5) is 5.69 Å². The molecule has 0 radical (unpaired) electrons. The van der Waals surface area contributed by atoms with Crippen molar-refractivity contribution in [1.29, 1.82) is 0 Å². The summed E-state index contributed by atoms with van der Waals surface area (Å²) < 4.78 is 28.3. The van der Waals surface area contributed by atoms with Crippen molar-refractivity contribution in [3.8, 4) is 0 Å². The van der Waals surface area contributed by atoms with Crippen molar-refractivity contribution in [3.63, 3.8) is 0 Å². The summed E-state index contributed by atoms with van der Waals surface area (Å²) in [6.07, 6.45) is 0.374. The zero-order valence-corrected chi connectivity index (χ0v) is 15.6. The molecule has 1 amide bonds. The molecule has 0 aromatic heterocycles. The zero-order chi connectivity index (χ0) is 18.4. The van der Waals surface area contributed by atoms with Crippen molar-refractivity contribution in [2.45, 2.75) is 38.1 Å². The topological polar surface area (TPSA) is 66.5 Å². The number of para-hydroxylation sites is 1. The first-order valence-electron chi connectivity index (χ1n) is 8.19. The number of fused-ring (bicyclic) bond motifs is 1. The van der Waals surface area contributed by atoms with Crippen LogP contribution in [0, 0.1) is 20.8 Å². The quantitative estimate of drug-likeness (QED) is 0.917. The highest BCUT2D eigenvalue weighted by molar-refractivity contribution is 7.93. The lowest BCUT2D eigenvalue weighted by Gasteiger charge is -2.27. The zero-order valence-electron chi connectivity index (χ0n) is 14.8. The van der Waals surface area contributed by atoms with E-state index in [9.17, 15) is 13.2 Å². The van der Waals surface area contributed by atoms with Crippen molar-refractivity contribution in [2.24, 2.45) is 0 Å². The summed E-state index contributed by atoms with van der Waals surface area (Å²) in [6.45, 7) is 5.53. The van der Waals surface area contributed by atoms with Crippen LogP contribution in [0.5, 0.6) is 0 Å². The lowest BCUT2D eigenvalue weighted by atomic mass is 10.1. The summed E-state index contributed by atoms with van der Waals surface area (Å²) in [5.41, 5.74) is 3.84. The number of amides is 1. The second-order valence-corrected chi connectivity index (χ2v) is 8.24. The highest BCUT2D eigenvalue weighted by Crippen LogP contribution is 2.38. The van der Waals surface area contributed by atoms with E-state index >= 15 is 0 Å². The molecule has 1 unspecified atom stereocenters. The number of anilines is 1. The highest BCUT2D eigenvalue weighted by Gasteiger charge is 2.42. The molecule has 5 nitrogen and oxygen atoms in total. The Morgan fingerprint density at radius 2 is 1.72 bits per heavy atom. The van der Waals surface area contributed by atoms with Gasteiger partial charge in [0.1, 0.15) is 6.04 Å². The summed E-state index contributed by atoms with van der Waals surface area (Å²) in [6, 6.07) is 10.2. The molecule has 1 heterocycles. The lowest BCUT2D eigenvalue weighted by molar-refractivity contribution is -0.121. The molecule has 25 heavy (non-hydrogen) atoms. The summed E-state index contributed by atoms with van der Waals surface area (Å²) in [5.74, 6) is -0.304. The molecule has 0 saturated heterocycles. The number of carbonyl (C=O) groups is 1. The number of hydrogen-bond acceptors (Lipinski definition) is 3. The van der Waals surface area contributed by atoms with Gasteiger partial charge in [-0.1, -0.05) is 35.9 Å². The van der Waals surface area contributed by atoms with E-state index in [0.29, 0.717) is 23.2 Å². The first-order chi connectivity index (χ1) is 11.8. The fourth-order valence-electron chi connectivity index (χ4n) is 3.69. The highest BCUT2D eigenvalue weighted by atomic mass is 32.2. The van der Waals surface area contributed by atoms with Crippen LogP contribution in [0.2, 0.25) is 0 Å². The number of carbonyl (C=O) groups excluding carboxylic acids is 1. The SMILES string of the molecule is CNC(=O)C1Cc2ccccc2N1S(=O)(=O)c1c(C)cc(C)cc1C. The van der Waals surface area contributed by atoms with Gasteiger partial charge in [-0.15, -0.1) is 0 Å². The van der Waals surface area contributed by atoms with Crippen LogP contribution >= 0.6 is 0 Å². The Kier molecular flexibility index (Phi) is 4.33. The third-order valence-electron chi connectivity index (χ3n) is 4.60. The van der Waals surface area contributed by atoms with Gasteiger partial charge in [0, 0.05) is 13.5 Å². The average molecular weight is 358 g/mol. The molecular weight excluding hydrogens is 336 g/mol. The number of hydrogen-bond donors (Lipinski definition) is 1. The summed E-state index contributed by atoms with van der Waals surface area (Å²) in [4.78, 5) is 12.7. The molecule has 1 N–H and O–H groups in total. The maximum Gasteiger partial charge on any atom is 0.265 e. The molecule has 2 aromatic carbocycles. The molecule has 0 saturated carbocycles. The van der Waals surface area contributed by atoms with Gasteiger partial charge in [-0.25, -0.2) is 8.42 Å². The van der Waals surface area contributed by atoms with Gasteiger partial charge in [-0.3, -0.25) is 9.10 Å². The Balaban J connectivity index is 2.22. The maximum atomic E-state index is 13.5. The van der Waals surface area contributed by atoms with Gasteiger partial charge >= 0.3 is 0 Å². The molecule has 0 bridgehead atoms. The number of likely N-dealkylation sites (N-methyl/N-ethyl adjacent to an activating group) is 1. The largest absolute Gasteiger partial charge is 0.357 e. The number of rotatable bonds is 3. The van der Waals surface area contributed by atoms with Crippen molar-refractivity contribution in [3.05, 3.63) is 58.7 Å². The van der Waals surface area contributed by atoms with E-state index in [1.807, 2.05) is 31.2 Å². The van der Waals surface area contributed by atoms with Crippen LogP contribution in [-0.4, -0.2) is 27.4 Å². The fraction of sp³-hybridized carbons (Fsp3) is 0.316. The second-order valence-electron chi connectivity index (χ2n) is 6.49. The third kappa shape index (κ3) is 2.80. The van der Waals surface area contributed by atoms with Crippen molar-refractivity contribution >= 4 is 21.6 Å². The van der Waals surface area contributed by atoms with Crippen LogP contribution in [-0.2, 0) is 21.2 Å². The molecule has 1 aliphatic rings. The van der Waals surface area contributed by atoms with Gasteiger partial charge in [-0.05, 0) is 43.5 Å². The smallest absolute Gasteiger partial charge is 0.265 e. The van der Waals surface area contributed by atoms with Crippen LogP contribution in [0.15, 0.2) is 41.3 Å². The summed E-state index contributed by atoms with van der Waals surface area (Å²) >= 11 is 0. The summed E-state index contributed by atoms with van der Waals surface area (Å²) in [7, 11) is -2.34. The van der Waals surface area contributed by atoms with Gasteiger partial charge < -0.3 is 5.32 Å². The van der Waals surface area contributed by atoms with Crippen LogP contribution in [0.1, 0.15) is 22.3 Å². The molecule has 0 spiro atoms. The van der Waals surface area contributed by atoms with Gasteiger partial charge in [0.05, 0.1) is 10.6 Å². The van der Waals surface area contributed by atoms with Crippen molar-refractivity contribution in [2.75, 3.05) is 11.4 Å². The molecule has 132 valence electrons. The molecule has 0 aliphatic carbocycles. The van der Waals surface area contributed by atoms with E-state index in [0.717, 1.165) is 11.1 Å². The Labute approximate surface area is 148 Å². The monoisotopic (exact) mass is 358 g/mol. The third-order valence-corrected chi connectivity index (χ3v) is 6.72. The minimum absolute atomic E-state index is 0.281. The molecule has 1 atom stereocenters. The Morgan fingerprint density at radius 1 is 1.12 bits per heavy atom. The summed E-state index contributed by atoms with van der Waals surface area (Å²) in [5, 5.41) is 2.59. The predicted molar refractivity (Wildman–Crippen MR) is 98.3 cm³/mol. The molecule has 3 rings (SSSR count). The minimum Gasteiger partial charge on any atom is -0.357 e. The Morgan fingerprint density at radius 3 is 2.32 bits per heavy atom. The van der Waals surface area contributed by atoms with E-state index in [1.54, 1.807) is 26.0 Å². The minimum atomic E-state index is -3.86. The number of nitrogens with one attached hydrogen (secondary N) is 1. The normalized spacial score (nSPS) is 16.6. The number of nitrogens with zero attached hydrogens (tertiary/aromatic N) is 1. The first kappa shape index (κ1) is 17.5. The molecule has 0 fully saturated rings. The number of aryl methyl sites for hydroxylation is 3. The van der Waals surface area contributed by atoms with E-state index in [1.165, 1.54) is 11.4 Å². The number of benzene rings is 2. The first-order valence-corrected chi connectivity index (χ1v) is 9.63. The maximum absolute atomic E-state index is 13.5. The van der Waals surface area contributed by atoms with E-state index < -0.39 is 16.1 Å². The van der Waals surface area contributed by atoms with Crippen molar-refractivity contribution < 1.29 is 13.2 Å². The van der Waals surface area contributed by atoms with Crippen molar-refractivity contribution in [1.82, 2.24) is 5.32 Å². The van der Waals surface area contributed by atoms with Gasteiger partial charge in [0.25, 0.3) is 10.0 Å². The van der Waals surface area contributed by atoms with Crippen LogP contribution in [0.25, 0.3) is 0 Å². The van der Waals surface area contributed by atoms with E-state index in [2.05, 4.69) is 5.32 Å². The van der Waals surface area contributed by atoms with Crippen LogP contribution in [0.3, 0.4) is 0 Å². The Bertz CT molecular complexity index is 928. The Hall–Kier alpha value is -2.34. The molecule has 2 aromatic rings. The van der Waals surface area contributed by atoms with Gasteiger partial charge in [0.15, 0.2) is 0 Å². The van der Waals surface area contributed by atoms with Gasteiger partial charge in [-0.2, -0.15) is 0 Å². The van der Waals surface area contributed by atoms with Gasteiger partial charge in [0.2, 0.25) is 5.91 Å². The standard InChI is InChI=1S/C19H22N2O3S/c1-12-9-13(2)18(14(3)10-12)25(23,24)21-16-8-6-5-7-15(16)11-17(21)19(22)20-4/h5-10,17H,11H2,1-4H3,(H,20,22). The fourth-order valence-corrected chi connectivity index (χ4v) is 5.76. The predicted octanol–water partition coefficient (Wildman–Crippen LogP) is 2.48. The second kappa shape index (κ2) is 6.19. The lowest BCUT2D eigenvalue weighted by Crippen LogP contribution is -2.47. The molecule has 1 aliphatic heterocycles. The van der Waals surface area contributed by atoms with E-state index in [-0.39, 0.29) is 10.8 Å². The van der Waals surface area contributed by atoms with Crippen LogP contribution < -0.4 is 9.62 Å². The molecular formula is C19H22N2O3S.